The van der Waals surface area contributed by atoms with E-state index in [2.05, 4.69) is 12.2 Å². The fourth-order valence-corrected chi connectivity index (χ4v) is 5.20. The predicted molar refractivity (Wildman–Crippen MR) is 112 cm³/mol. The number of carbonyl (C=O) groups excluding carboxylic acids is 1. The number of hydrogen-bond donors (Lipinski definition) is 1. The van der Waals surface area contributed by atoms with E-state index in [4.69, 9.17) is 0 Å². The van der Waals surface area contributed by atoms with Gasteiger partial charge in [0.05, 0.1) is 10.8 Å². The largest absolute Gasteiger partial charge is 0.326 e. The molecule has 1 aliphatic heterocycles. The Kier molecular flexibility index (Phi) is 6.86. The van der Waals surface area contributed by atoms with Crippen molar-refractivity contribution in [1.29, 1.82) is 0 Å². The van der Waals surface area contributed by atoms with Crippen molar-refractivity contribution in [3.63, 3.8) is 0 Å². The Hall–Kier alpha value is -2.18. The lowest BCUT2D eigenvalue weighted by molar-refractivity contribution is -0.117. The molecule has 1 N–H and O–H groups in total. The zero-order chi connectivity index (χ0) is 20.0. The number of hydrogen-bond acceptors (Lipinski definition) is 3. The monoisotopic (exact) mass is 400 g/mol. The van der Waals surface area contributed by atoms with Gasteiger partial charge in [-0.2, -0.15) is 4.31 Å². The van der Waals surface area contributed by atoms with E-state index in [0.29, 0.717) is 18.8 Å². The van der Waals surface area contributed by atoms with Crippen LogP contribution in [0, 0.1) is 0 Å². The third kappa shape index (κ3) is 4.80. The van der Waals surface area contributed by atoms with Gasteiger partial charge in [0.2, 0.25) is 15.9 Å². The van der Waals surface area contributed by atoms with Gasteiger partial charge in [0.15, 0.2) is 0 Å². The Morgan fingerprint density at radius 3 is 2.43 bits per heavy atom. The van der Waals surface area contributed by atoms with Gasteiger partial charge < -0.3 is 5.32 Å². The summed E-state index contributed by atoms with van der Waals surface area (Å²) in [5, 5.41) is 2.92. The van der Waals surface area contributed by atoms with Crippen LogP contribution in [0.25, 0.3) is 0 Å². The minimum absolute atomic E-state index is 0.111. The standard InChI is InChI=1S/C22H28N2O3S/c1-2-10-21(18-11-5-3-6-12-18)22(25)23-19-13-9-14-20(17-19)28(26,27)24-15-7-4-8-16-24/h3,5-6,9,11-14,17,21H,2,4,7-8,10,15-16H2,1H3,(H,23,25)/t21-/m0/s1. The molecule has 0 bridgehead atoms. The Morgan fingerprint density at radius 1 is 1.04 bits per heavy atom. The molecule has 1 amide bonds. The molecular formula is C22H28N2O3S. The minimum Gasteiger partial charge on any atom is -0.326 e. The van der Waals surface area contributed by atoms with Gasteiger partial charge in [0.1, 0.15) is 0 Å². The van der Waals surface area contributed by atoms with Crippen molar-refractivity contribution in [2.45, 2.75) is 49.8 Å². The lowest BCUT2D eigenvalue weighted by atomic mass is 9.93. The lowest BCUT2D eigenvalue weighted by Crippen LogP contribution is -2.35. The maximum atomic E-state index is 12.9. The topological polar surface area (TPSA) is 66.5 Å². The molecule has 2 aromatic rings. The highest BCUT2D eigenvalue weighted by Gasteiger charge is 2.26. The number of nitrogens with zero attached hydrogens (tertiary/aromatic N) is 1. The van der Waals surface area contributed by atoms with Gasteiger partial charge in [-0.05, 0) is 43.0 Å². The molecule has 1 fully saturated rings. The summed E-state index contributed by atoms with van der Waals surface area (Å²) in [7, 11) is -3.52. The third-order valence-electron chi connectivity index (χ3n) is 5.15. The minimum atomic E-state index is -3.52. The zero-order valence-electron chi connectivity index (χ0n) is 16.3. The van der Waals surface area contributed by atoms with Crippen molar-refractivity contribution in [3.8, 4) is 0 Å². The van der Waals surface area contributed by atoms with Gasteiger partial charge in [0, 0.05) is 18.8 Å². The average molecular weight is 401 g/mol. The van der Waals surface area contributed by atoms with Crippen LogP contribution in [0.15, 0.2) is 59.5 Å². The van der Waals surface area contributed by atoms with E-state index in [-0.39, 0.29) is 16.7 Å². The summed E-state index contributed by atoms with van der Waals surface area (Å²) in [6, 6.07) is 16.3. The van der Waals surface area contributed by atoms with E-state index in [1.165, 1.54) is 0 Å². The predicted octanol–water partition coefficient (Wildman–Crippen LogP) is 4.38. The Bertz CT molecular complexity index is 891. The van der Waals surface area contributed by atoms with Gasteiger partial charge in [-0.1, -0.05) is 56.2 Å². The molecule has 0 unspecified atom stereocenters. The summed E-state index contributed by atoms with van der Waals surface area (Å²) < 4.78 is 27.3. The molecule has 1 saturated heterocycles. The van der Waals surface area contributed by atoms with Gasteiger partial charge in [-0.15, -0.1) is 0 Å². The first-order valence-corrected chi connectivity index (χ1v) is 11.4. The van der Waals surface area contributed by atoms with Gasteiger partial charge in [0.25, 0.3) is 0 Å². The number of rotatable bonds is 7. The molecule has 0 aromatic heterocycles. The first-order chi connectivity index (χ1) is 13.5. The van der Waals surface area contributed by atoms with E-state index in [1.54, 1.807) is 28.6 Å². The molecule has 5 nitrogen and oxygen atoms in total. The Labute approximate surface area is 167 Å². The number of piperidine rings is 1. The first kappa shape index (κ1) is 20.6. The smallest absolute Gasteiger partial charge is 0.243 e. The quantitative estimate of drug-likeness (QED) is 0.750. The molecule has 28 heavy (non-hydrogen) atoms. The summed E-state index contributed by atoms with van der Waals surface area (Å²) in [6.45, 7) is 3.17. The van der Waals surface area contributed by atoms with Crippen LogP contribution in [0.1, 0.15) is 50.5 Å². The van der Waals surface area contributed by atoms with Crippen LogP contribution in [0.5, 0.6) is 0 Å². The van der Waals surface area contributed by atoms with Crippen LogP contribution < -0.4 is 5.32 Å². The van der Waals surface area contributed by atoms with Crippen molar-refractivity contribution in [3.05, 3.63) is 60.2 Å². The van der Waals surface area contributed by atoms with Crippen LogP contribution in [0.4, 0.5) is 5.69 Å². The molecule has 3 rings (SSSR count). The van der Waals surface area contributed by atoms with E-state index >= 15 is 0 Å². The molecule has 0 radical (unpaired) electrons. The van der Waals surface area contributed by atoms with Gasteiger partial charge >= 0.3 is 0 Å². The van der Waals surface area contributed by atoms with Crippen molar-refractivity contribution < 1.29 is 13.2 Å². The second-order valence-corrected chi connectivity index (χ2v) is 9.17. The second-order valence-electron chi connectivity index (χ2n) is 7.23. The summed E-state index contributed by atoms with van der Waals surface area (Å²) in [5.74, 6) is -0.367. The Balaban J connectivity index is 1.79. The molecular weight excluding hydrogens is 372 g/mol. The van der Waals surface area contributed by atoms with Crippen molar-refractivity contribution in [1.82, 2.24) is 4.31 Å². The van der Waals surface area contributed by atoms with E-state index < -0.39 is 10.0 Å². The van der Waals surface area contributed by atoms with Crippen LogP contribution in [0.3, 0.4) is 0 Å². The van der Waals surface area contributed by atoms with E-state index in [0.717, 1.165) is 37.7 Å². The fraction of sp³-hybridized carbons (Fsp3) is 0.409. The average Bonchev–Trinajstić information content (AvgIpc) is 2.73. The fourth-order valence-electron chi connectivity index (χ4n) is 3.64. The van der Waals surface area contributed by atoms with Gasteiger partial charge in [-0.3, -0.25) is 4.79 Å². The second kappa shape index (κ2) is 9.34. The number of amides is 1. The van der Waals surface area contributed by atoms with E-state index in [9.17, 15) is 13.2 Å². The highest BCUT2D eigenvalue weighted by Crippen LogP contribution is 2.26. The molecule has 1 atom stereocenters. The molecule has 0 spiro atoms. The molecule has 1 heterocycles. The SMILES string of the molecule is CCC[C@H](C(=O)Nc1cccc(S(=O)(=O)N2CCCCC2)c1)c1ccccc1. The molecule has 2 aromatic carbocycles. The van der Waals surface area contributed by atoms with Gasteiger partial charge in [-0.25, -0.2) is 8.42 Å². The molecule has 0 saturated carbocycles. The molecule has 150 valence electrons. The Morgan fingerprint density at radius 2 is 1.75 bits per heavy atom. The maximum absolute atomic E-state index is 12.9. The third-order valence-corrected chi connectivity index (χ3v) is 7.04. The summed E-state index contributed by atoms with van der Waals surface area (Å²) >= 11 is 0. The number of carbonyl (C=O) groups is 1. The lowest BCUT2D eigenvalue weighted by Gasteiger charge is -2.26. The first-order valence-electron chi connectivity index (χ1n) is 9.98. The van der Waals surface area contributed by atoms with E-state index in [1.807, 2.05) is 30.3 Å². The number of nitrogens with one attached hydrogen (secondary N) is 1. The maximum Gasteiger partial charge on any atom is 0.243 e. The summed E-state index contributed by atoms with van der Waals surface area (Å²) in [5.41, 5.74) is 1.49. The van der Waals surface area contributed by atoms with Crippen molar-refractivity contribution >= 4 is 21.6 Å². The number of sulfonamides is 1. The zero-order valence-corrected chi connectivity index (χ0v) is 17.1. The summed E-state index contributed by atoms with van der Waals surface area (Å²) in [4.78, 5) is 13.1. The number of anilines is 1. The highest BCUT2D eigenvalue weighted by atomic mass is 32.2. The van der Waals surface area contributed by atoms with Crippen LogP contribution in [-0.4, -0.2) is 31.7 Å². The van der Waals surface area contributed by atoms with Crippen LogP contribution in [-0.2, 0) is 14.8 Å². The van der Waals surface area contributed by atoms with Crippen molar-refractivity contribution in [2.75, 3.05) is 18.4 Å². The van der Waals surface area contributed by atoms with Crippen LogP contribution in [0.2, 0.25) is 0 Å². The van der Waals surface area contributed by atoms with Crippen molar-refractivity contribution in [2.24, 2.45) is 0 Å². The number of benzene rings is 2. The molecule has 0 aliphatic carbocycles. The van der Waals surface area contributed by atoms with Crippen LogP contribution >= 0.6 is 0 Å². The summed E-state index contributed by atoms with van der Waals surface area (Å²) in [6.07, 6.45) is 4.48. The highest BCUT2D eigenvalue weighted by molar-refractivity contribution is 7.89. The molecule has 1 aliphatic rings. The molecule has 6 heteroatoms. The normalized spacial score (nSPS) is 16.5.